The molecule has 0 aliphatic rings. The van der Waals surface area contributed by atoms with Crippen LogP contribution >= 0.6 is 23.2 Å². The normalized spacial score (nSPS) is 10.5. The van der Waals surface area contributed by atoms with Gasteiger partial charge in [-0.25, -0.2) is 4.98 Å². The Bertz CT molecular complexity index is 968. The van der Waals surface area contributed by atoms with Gasteiger partial charge in [0.25, 0.3) is 5.91 Å². The van der Waals surface area contributed by atoms with Crippen molar-refractivity contribution in [1.29, 1.82) is 0 Å². The summed E-state index contributed by atoms with van der Waals surface area (Å²) in [7, 11) is 0. The number of carbonyl (C=O) groups is 2. The Morgan fingerprint density at radius 1 is 1.08 bits per heavy atom. The van der Waals surface area contributed by atoms with Gasteiger partial charge >= 0.3 is 5.97 Å². The Kier molecular flexibility index (Phi) is 5.25. The van der Waals surface area contributed by atoms with Crippen molar-refractivity contribution in [3.63, 3.8) is 0 Å². The maximum absolute atomic E-state index is 12.3. The Balaban J connectivity index is 1.71. The molecule has 0 spiro atoms. The fourth-order valence-corrected chi connectivity index (χ4v) is 2.51. The Labute approximate surface area is 158 Å². The van der Waals surface area contributed by atoms with Crippen LogP contribution in [-0.4, -0.2) is 22.0 Å². The van der Waals surface area contributed by atoms with E-state index in [1.165, 1.54) is 6.26 Å². The molecule has 0 aliphatic carbocycles. The van der Waals surface area contributed by atoms with Crippen molar-refractivity contribution in [2.45, 2.75) is 6.42 Å². The largest absolute Gasteiger partial charge is 0.481 e. The molecule has 1 heterocycles. The van der Waals surface area contributed by atoms with E-state index in [0.29, 0.717) is 26.9 Å². The van der Waals surface area contributed by atoms with Crippen molar-refractivity contribution in [2.24, 2.45) is 0 Å². The Morgan fingerprint density at radius 2 is 1.81 bits per heavy atom. The lowest BCUT2D eigenvalue weighted by molar-refractivity contribution is -0.136. The number of halogens is 2. The molecule has 3 aromatic rings. The van der Waals surface area contributed by atoms with Crippen LogP contribution in [0.1, 0.15) is 16.1 Å². The Hall–Kier alpha value is -2.83. The summed E-state index contributed by atoms with van der Waals surface area (Å²) in [4.78, 5) is 27.1. The zero-order chi connectivity index (χ0) is 18.7. The zero-order valence-corrected chi connectivity index (χ0v) is 14.7. The third kappa shape index (κ3) is 4.22. The molecule has 2 aromatic carbocycles. The van der Waals surface area contributed by atoms with Gasteiger partial charge in [-0.15, -0.1) is 0 Å². The van der Waals surface area contributed by atoms with Crippen molar-refractivity contribution < 1.29 is 19.1 Å². The van der Waals surface area contributed by atoms with Gasteiger partial charge in [-0.2, -0.15) is 0 Å². The molecule has 2 N–H and O–H groups in total. The van der Waals surface area contributed by atoms with Crippen molar-refractivity contribution >= 4 is 40.8 Å². The minimum atomic E-state index is -0.917. The van der Waals surface area contributed by atoms with Crippen LogP contribution in [0.2, 0.25) is 10.0 Å². The van der Waals surface area contributed by atoms with E-state index in [-0.39, 0.29) is 18.0 Å². The number of aliphatic carboxylic acids is 1. The van der Waals surface area contributed by atoms with Crippen molar-refractivity contribution in [1.82, 2.24) is 4.98 Å². The van der Waals surface area contributed by atoms with E-state index in [9.17, 15) is 9.59 Å². The average Bonchev–Trinajstić information content (AvgIpc) is 3.09. The summed E-state index contributed by atoms with van der Waals surface area (Å²) in [5.41, 5.74) is 1.85. The minimum absolute atomic E-state index is 0.0788. The number of carbonyl (C=O) groups excluding carboxylic acids is 1. The number of oxazole rings is 1. The molecule has 0 saturated heterocycles. The maximum Gasteiger partial charge on any atom is 0.307 e. The van der Waals surface area contributed by atoms with E-state index >= 15 is 0 Å². The summed E-state index contributed by atoms with van der Waals surface area (Å²) in [6, 6.07) is 11.4. The van der Waals surface area contributed by atoms with E-state index in [1.54, 1.807) is 42.5 Å². The number of anilines is 1. The molecule has 0 fully saturated rings. The quantitative estimate of drug-likeness (QED) is 0.667. The predicted octanol–water partition coefficient (Wildman–Crippen LogP) is 4.53. The number of hydrogen-bond donors (Lipinski definition) is 2. The van der Waals surface area contributed by atoms with Crippen LogP contribution in [0.3, 0.4) is 0 Å². The molecule has 0 unspecified atom stereocenters. The van der Waals surface area contributed by atoms with Gasteiger partial charge in [0.15, 0.2) is 5.69 Å². The fraction of sp³-hybridized carbons (Fsp3) is 0.0556. The third-order valence-electron chi connectivity index (χ3n) is 3.47. The smallest absolute Gasteiger partial charge is 0.307 e. The van der Waals surface area contributed by atoms with Crippen molar-refractivity contribution in [3.8, 4) is 11.5 Å². The zero-order valence-electron chi connectivity index (χ0n) is 13.2. The molecule has 0 aliphatic heterocycles. The van der Waals surface area contributed by atoms with Gasteiger partial charge in [-0.1, -0.05) is 35.3 Å². The number of carboxylic acids is 1. The molecule has 0 bridgehead atoms. The number of nitrogens with one attached hydrogen (secondary N) is 1. The first kappa shape index (κ1) is 18.0. The molecule has 1 amide bonds. The van der Waals surface area contributed by atoms with E-state index in [1.807, 2.05) is 0 Å². The SMILES string of the molecule is O=C(O)Cc1ccc(NC(=O)c2coc(-c3ccc(Cl)c(Cl)c3)n2)cc1. The molecule has 8 heteroatoms. The predicted molar refractivity (Wildman–Crippen MR) is 97.7 cm³/mol. The minimum Gasteiger partial charge on any atom is -0.481 e. The number of benzene rings is 2. The van der Waals surface area contributed by atoms with Crippen LogP contribution in [0, 0.1) is 0 Å². The topological polar surface area (TPSA) is 92.4 Å². The van der Waals surface area contributed by atoms with Gasteiger partial charge in [0, 0.05) is 11.3 Å². The number of hydrogen-bond acceptors (Lipinski definition) is 4. The van der Waals surface area contributed by atoms with Crippen LogP contribution in [0.25, 0.3) is 11.5 Å². The molecule has 0 radical (unpaired) electrons. The highest BCUT2D eigenvalue weighted by atomic mass is 35.5. The lowest BCUT2D eigenvalue weighted by Crippen LogP contribution is -2.12. The molecule has 6 nitrogen and oxygen atoms in total. The van der Waals surface area contributed by atoms with E-state index in [0.717, 1.165) is 0 Å². The summed E-state index contributed by atoms with van der Waals surface area (Å²) in [5.74, 6) is -1.13. The standard InChI is InChI=1S/C18H12Cl2N2O4/c19-13-6-3-11(8-14(13)20)18-22-15(9-26-18)17(25)21-12-4-1-10(2-5-12)7-16(23)24/h1-6,8-9H,7H2,(H,21,25)(H,23,24). The maximum atomic E-state index is 12.3. The molecule has 0 atom stereocenters. The van der Waals surface area contributed by atoms with Gasteiger partial charge in [-0.05, 0) is 35.9 Å². The molecule has 3 rings (SSSR count). The monoisotopic (exact) mass is 390 g/mol. The summed E-state index contributed by atoms with van der Waals surface area (Å²) in [6.07, 6.45) is 1.16. The summed E-state index contributed by atoms with van der Waals surface area (Å²) >= 11 is 11.8. The second-order valence-corrected chi connectivity index (χ2v) is 6.20. The van der Waals surface area contributed by atoms with E-state index < -0.39 is 11.9 Å². The van der Waals surface area contributed by atoms with Crippen LogP contribution in [0.5, 0.6) is 0 Å². The lowest BCUT2D eigenvalue weighted by Gasteiger charge is -2.04. The second kappa shape index (κ2) is 7.59. The van der Waals surface area contributed by atoms with E-state index in [2.05, 4.69) is 10.3 Å². The van der Waals surface area contributed by atoms with Gasteiger partial charge in [0.2, 0.25) is 5.89 Å². The molecule has 1 aromatic heterocycles. The second-order valence-electron chi connectivity index (χ2n) is 5.39. The lowest BCUT2D eigenvalue weighted by atomic mass is 10.1. The van der Waals surface area contributed by atoms with Crippen molar-refractivity contribution in [2.75, 3.05) is 5.32 Å². The first-order chi connectivity index (χ1) is 12.4. The fourth-order valence-electron chi connectivity index (χ4n) is 2.22. The highest BCUT2D eigenvalue weighted by molar-refractivity contribution is 6.42. The summed E-state index contributed by atoms with van der Waals surface area (Å²) in [5, 5.41) is 12.2. The summed E-state index contributed by atoms with van der Waals surface area (Å²) < 4.78 is 5.33. The van der Waals surface area contributed by atoms with Crippen LogP contribution in [-0.2, 0) is 11.2 Å². The highest BCUT2D eigenvalue weighted by Crippen LogP contribution is 2.28. The first-order valence-corrected chi connectivity index (χ1v) is 8.21. The molecule has 26 heavy (non-hydrogen) atoms. The third-order valence-corrected chi connectivity index (χ3v) is 4.21. The van der Waals surface area contributed by atoms with E-state index in [4.69, 9.17) is 32.7 Å². The highest BCUT2D eigenvalue weighted by Gasteiger charge is 2.14. The number of rotatable bonds is 5. The average molecular weight is 391 g/mol. The molecular weight excluding hydrogens is 379 g/mol. The molecular formula is C18H12Cl2N2O4. The Morgan fingerprint density at radius 3 is 2.46 bits per heavy atom. The summed E-state index contributed by atoms with van der Waals surface area (Å²) in [6.45, 7) is 0. The van der Waals surface area contributed by atoms with Crippen LogP contribution in [0.4, 0.5) is 5.69 Å². The van der Waals surface area contributed by atoms with Gasteiger partial charge in [0.05, 0.1) is 16.5 Å². The number of nitrogens with zero attached hydrogens (tertiary/aromatic N) is 1. The van der Waals surface area contributed by atoms with Crippen LogP contribution in [0.15, 0.2) is 53.1 Å². The van der Waals surface area contributed by atoms with Crippen molar-refractivity contribution in [3.05, 3.63) is 70.0 Å². The number of carboxylic acid groups (broad SMARTS) is 1. The van der Waals surface area contributed by atoms with Crippen LogP contribution < -0.4 is 5.32 Å². The molecule has 132 valence electrons. The van der Waals surface area contributed by atoms with Gasteiger partial charge < -0.3 is 14.8 Å². The number of aromatic nitrogens is 1. The van der Waals surface area contributed by atoms with Gasteiger partial charge in [-0.3, -0.25) is 9.59 Å². The van der Waals surface area contributed by atoms with Gasteiger partial charge in [0.1, 0.15) is 6.26 Å². The number of amides is 1. The molecule has 0 saturated carbocycles. The first-order valence-electron chi connectivity index (χ1n) is 7.45.